The first-order valence-electron chi connectivity index (χ1n) is 6.30. The van der Waals surface area contributed by atoms with Gasteiger partial charge in [0.05, 0.1) is 25.7 Å². The van der Waals surface area contributed by atoms with Crippen LogP contribution in [0.15, 0.2) is 0 Å². The van der Waals surface area contributed by atoms with E-state index in [0.717, 1.165) is 0 Å². The number of carboxylic acid groups (broad SMARTS) is 4. The van der Waals surface area contributed by atoms with E-state index in [1.54, 1.807) is 0 Å². The molecule has 9 N–H and O–H groups in total. The van der Waals surface area contributed by atoms with Crippen LogP contribution in [-0.4, -0.2) is 77.7 Å². The number of esters is 2. The van der Waals surface area contributed by atoms with Gasteiger partial charge in [-0.05, 0) is 0 Å². The molecule has 0 rings (SSSR count). The van der Waals surface area contributed by atoms with Crippen molar-refractivity contribution in [3.8, 4) is 0 Å². The van der Waals surface area contributed by atoms with Crippen LogP contribution in [0.25, 0.3) is 0 Å². The quantitative estimate of drug-likeness (QED) is 0.106. The van der Waals surface area contributed by atoms with Gasteiger partial charge in [0.25, 0.3) is 0 Å². The van der Waals surface area contributed by atoms with Gasteiger partial charge >= 0.3 is 35.8 Å². The fourth-order valence-corrected chi connectivity index (χ4v) is 1.60. The number of hydrogen-bond acceptors (Lipinski definition) is 10. The zero-order chi connectivity index (χ0) is 20.0. The fourth-order valence-electron chi connectivity index (χ4n) is 1.60. The SMILES string of the molecule is N.O=C(O)CC(O)(CC(=O)OC(=O)CC(O)(CC(=O)O)C(=O)O)C(=O)O.[Fe]. The molecule has 156 valence electrons. The maximum Gasteiger partial charge on any atom is 0.336 e. The number of carboxylic acids is 4. The van der Waals surface area contributed by atoms with Crippen molar-refractivity contribution in [2.75, 3.05) is 0 Å². The molecule has 0 saturated carbocycles. The summed E-state index contributed by atoms with van der Waals surface area (Å²) in [6.07, 6.45) is -5.73. The Bertz CT molecular complexity index is 568. The number of aliphatic carboxylic acids is 4. The largest absolute Gasteiger partial charge is 0.481 e. The molecule has 0 aromatic heterocycles. The first-order valence-corrected chi connectivity index (χ1v) is 6.30. The van der Waals surface area contributed by atoms with Crippen molar-refractivity contribution in [1.29, 1.82) is 0 Å². The van der Waals surface area contributed by atoms with Gasteiger partial charge < -0.3 is 41.5 Å². The monoisotopic (exact) mass is 439 g/mol. The molecule has 0 fully saturated rings. The molecule has 0 aromatic carbocycles. The van der Waals surface area contributed by atoms with Gasteiger partial charge in [0.1, 0.15) is 0 Å². The molecule has 0 heterocycles. The smallest absolute Gasteiger partial charge is 0.336 e. The van der Waals surface area contributed by atoms with E-state index in [-0.39, 0.29) is 23.2 Å². The molecule has 0 radical (unpaired) electrons. The van der Waals surface area contributed by atoms with Crippen LogP contribution in [0.2, 0.25) is 0 Å². The standard InChI is InChI=1S/C12H14O13.Fe.H3N/c13-5(14)1-11(23,9(19)20)3-7(17)25-8(18)4-12(24,10(21)22)2-6(15)16;;/h23-24H,1-4H2,(H,13,14)(H,15,16)(H,19,20)(H,21,22);;1H3. The number of aliphatic hydroxyl groups is 2. The van der Waals surface area contributed by atoms with Crippen LogP contribution in [-0.2, 0) is 50.6 Å². The average Bonchev–Trinajstić information content (AvgIpc) is 2.34. The van der Waals surface area contributed by atoms with Gasteiger partial charge in [-0.2, -0.15) is 0 Å². The Kier molecular flexibility index (Phi) is 12.1. The summed E-state index contributed by atoms with van der Waals surface area (Å²) in [5.74, 6) is -11.2. The van der Waals surface area contributed by atoms with Gasteiger partial charge in [-0.15, -0.1) is 0 Å². The van der Waals surface area contributed by atoms with Gasteiger partial charge in [-0.25, -0.2) is 9.59 Å². The van der Waals surface area contributed by atoms with E-state index < -0.39 is 72.7 Å². The number of hydrogen-bond donors (Lipinski definition) is 7. The molecule has 14 nitrogen and oxygen atoms in total. The van der Waals surface area contributed by atoms with Crippen LogP contribution in [0.5, 0.6) is 0 Å². The van der Waals surface area contributed by atoms with Crippen LogP contribution in [0.3, 0.4) is 0 Å². The van der Waals surface area contributed by atoms with Crippen molar-refractivity contribution in [2.24, 2.45) is 0 Å². The minimum Gasteiger partial charge on any atom is -0.481 e. The maximum absolute atomic E-state index is 11.4. The van der Waals surface area contributed by atoms with E-state index in [1.807, 2.05) is 0 Å². The summed E-state index contributed by atoms with van der Waals surface area (Å²) in [6, 6.07) is 0. The average molecular weight is 439 g/mol. The predicted molar refractivity (Wildman–Crippen MR) is 75.0 cm³/mol. The Morgan fingerprint density at radius 2 is 0.889 bits per heavy atom. The molecular formula is C12H17FeNO13. The van der Waals surface area contributed by atoms with Crippen molar-refractivity contribution in [3.63, 3.8) is 0 Å². The van der Waals surface area contributed by atoms with Gasteiger partial charge in [0.15, 0.2) is 11.2 Å². The number of carbonyl (C=O) groups excluding carboxylic acids is 2. The van der Waals surface area contributed by atoms with E-state index in [0.29, 0.717) is 0 Å². The zero-order valence-corrected chi connectivity index (χ0v) is 14.5. The molecule has 2 unspecified atom stereocenters. The normalized spacial score (nSPS) is 14.1. The molecule has 0 aliphatic heterocycles. The van der Waals surface area contributed by atoms with Crippen molar-refractivity contribution < 1.29 is 81.2 Å². The Morgan fingerprint density at radius 3 is 1.07 bits per heavy atom. The van der Waals surface area contributed by atoms with Crippen LogP contribution in [0, 0.1) is 0 Å². The second kappa shape index (κ2) is 11.2. The second-order valence-corrected chi connectivity index (χ2v) is 5.01. The number of carbonyl (C=O) groups is 6. The molecule has 15 heteroatoms. The van der Waals surface area contributed by atoms with E-state index in [1.165, 1.54) is 0 Å². The molecule has 0 spiro atoms. The number of ether oxygens (including phenoxy) is 1. The summed E-state index contributed by atoms with van der Waals surface area (Å²) >= 11 is 0. The maximum atomic E-state index is 11.4. The Labute approximate surface area is 160 Å². The molecule has 0 aliphatic carbocycles. The van der Waals surface area contributed by atoms with Crippen molar-refractivity contribution in [3.05, 3.63) is 0 Å². The van der Waals surface area contributed by atoms with Crippen LogP contribution in [0.1, 0.15) is 25.7 Å². The molecule has 27 heavy (non-hydrogen) atoms. The summed E-state index contributed by atoms with van der Waals surface area (Å²) in [6.45, 7) is 0. The third-order valence-electron chi connectivity index (χ3n) is 2.78. The van der Waals surface area contributed by atoms with Crippen molar-refractivity contribution in [2.45, 2.75) is 36.9 Å². The molecule has 2 atom stereocenters. The first-order chi connectivity index (χ1) is 11.2. The minimum absolute atomic E-state index is 0. The molecule has 0 bridgehead atoms. The van der Waals surface area contributed by atoms with Crippen LogP contribution < -0.4 is 6.15 Å². The summed E-state index contributed by atoms with van der Waals surface area (Å²) in [7, 11) is 0. The van der Waals surface area contributed by atoms with Crippen molar-refractivity contribution in [1.82, 2.24) is 6.15 Å². The Morgan fingerprint density at radius 1 is 0.630 bits per heavy atom. The van der Waals surface area contributed by atoms with Crippen LogP contribution in [0.4, 0.5) is 0 Å². The van der Waals surface area contributed by atoms with Crippen molar-refractivity contribution >= 4 is 35.8 Å². The van der Waals surface area contributed by atoms with E-state index in [4.69, 9.17) is 20.4 Å². The fraction of sp³-hybridized carbons (Fsp3) is 0.500. The topological polar surface area (TPSA) is 268 Å². The molecule has 0 aromatic rings. The Balaban J connectivity index is -0.00000288. The molecule has 0 aliphatic rings. The van der Waals surface area contributed by atoms with Gasteiger partial charge in [-0.1, -0.05) is 0 Å². The predicted octanol–water partition coefficient (Wildman–Crippen LogP) is -2.42. The van der Waals surface area contributed by atoms with Gasteiger partial charge in [0, 0.05) is 17.1 Å². The van der Waals surface area contributed by atoms with Gasteiger partial charge in [0.2, 0.25) is 0 Å². The minimum atomic E-state index is -3.09. The third-order valence-corrected chi connectivity index (χ3v) is 2.78. The van der Waals surface area contributed by atoms with E-state index in [2.05, 4.69) is 4.74 Å². The summed E-state index contributed by atoms with van der Waals surface area (Å²) < 4.78 is 3.99. The third kappa shape index (κ3) is 9.62. The summed E-state index contributed by atoms with van der Waals surface area (Å²) in [5.41, 5.74) is -6.18. The van der Waals surface area contributed by atoms with E-state index in [9.17, 15) is 39.0 Å². The van der Waals surface area contributed by atoms with Crippen LogP contribution >= 0.6 is 0 Å². The molecular weight excluding hydrogens is 422 g/mol. The Hall–Kier alpha value is -2.58. The summed E-state index contributed by atoms with van der Waals surface area (Å²) in [5, 5.41) is 53.6. The van der Waals surface area contributed by atoms with Gasteiger partial charge in [-0.3, -0.25) is 19.2 Å². The zero-order valence-electron chi connectivity index (χ0n) is 13.4. The van der Waals surface area contributed by atoms with E-state index >= 15 is 0 Å². The first kappa shape index (κ1) is 29.2. The number of rotatable bonds is 10. The molecule has 0 saturated heterocycles. The summed E-state index contributed by atoms with van der Waals surface area (Å²) in [4.78, 5) is 65.5. The molecule has 0 amide bonds. The second-order valence-electron chi connectivity index (χ2n) is 5.01.